The smallest absolute Gasteiger partial charge is 0.263 e. The molecule has 0 aliphatic carbocycles. The number of aromatic nitrogens is 2. The Hall–Kier alpha value is -2.90. The number of ketones is 1. The van der Waals surface area contributed by atoms with Crippen molar-refractivity contribution in [2.75, 3.05) is 6.61 Å². The Morgan fingerprint density at radius 2 is 1.97 bits per heavy atom. The van der Waals surface area contributed by atoms with Gasteiger partial charge in [-0.25, -0.2) is 4.98 Å². The summed E-state index contributed by atoms with van der Waals surface area (Å²) in [5.74, 6) is 1.29. The quantitative estimate of drug-likeness (QED) is 0.210. The van der Waals surface area contributed by atoms with Crippen molar-refractivity contribution in [3.8, 4) is 16.9 Å². The summed E-state index contributed by atoms with van der Waals surface area (Å²) in [5, 5.41) is 3.28. The molecule has 0 fully saturated rings. The second-order valence-electron chi connectivity index (χ2n) is 7.05. The van der Waals surface area contributed by atoms with Gasteiger partial charge in [-0.05, 0) is 37.6 Å². The third kappa shape index (κ3) is 4.29. The zero-order valence-electron chi connectivity index (χ0n) is 17.5. The molecule has 0 aliphatic rings. The molecule has 5 nitrogen and oxygen atoms in total. The van der Waals surface area contributed by atoms with E-state index in [0.29, 0.717) is 28.5 Å². The molecule has 31 heavy (non-hydrogen) atoms. The van der Waals surface area contributed by atoms with E-state index in [-0.39, 0.29) is 11.3 Å². The van der Waals surface area contributed by atoms with Gasteiger partial charge in [0.1, 0.15) is 10.6 Å². The molecule has 0 saturated carbocycles. The minimum atomic E-state index is -0.0601. The monoisotopic (exact) mass is 450 g/mol. The summed E-state index contributed by atoms with van der Waals surface area (Å²) in [7, 11) is 1.75. The predicted molar refractivity (Wildman–Crippen MR) is 127 cm³/mol. The third-order valence-corrected chi connectivity index (χ3v) is 6.93. The highest BCUT2D eigenvalue weighted by Gasteiger charge is 2.16. The number of carbonyl (C=O) groups excluding carboxylic acids is 1. The van der Waals surface area contributed by atoms with Crippen LogP contribution < -0.4 is 10.3 Å². The summed E-state index contributed by atoms with van der Waals surface area (Å²) in [6.07, 6.45) is 0. The van der Waals surface area contributed by atoms with Gasteiger partial charge >= 0.3 is 0 Å². The Bertz CT molecular complexity index is 1310. The number of carbonyl (C=O) groups is 1. The Balaban J connectivity index is 1.69. The first-order valence-corrected chi connectivity index (χ1v) is 11.8. The van der Waals surface area contributed by atoms with E-state index in [1.165, 1.54) is 23.1 Å². The number of rotatable bonds is 7. The highest BCUT2D eigenvalue weighted by molar-refractivity contribution is 7.98. The zero-order chi connectivity index (χ0) is 22.0. The fraction of sp³-hybridized carbons (Fsp3) is 0.208. The van der Waals surface area contributed by atoms with Gasteiger partial charge in [0, 0.05) is 34.9 Å². The fourth-order valence-corrected chi connectivity index (χ4v) is 5.30. The molecule has 0 spiro atoms. The summed E-state index contributed by atoms with van der Waals surface area (Å²) in [6, 6.07) is 15.4. The van der Waals surface area contributed by atoms with Crippen LogP contribution in [0.5, 0.6) is 5.75 Å². The lowest BCUT2D eigenvalue weighted by Crippen LogP contribution is -2.19. The van der Waals surface area contributed by atoms with Crippen LogP contribution in [-0.2, 0) is 12.8 Å². The van der Waals surface area contributed by atoms with Crippen LogP contribution in [0.15, 0.2) is 63.9 Å². The standard InChI is InChI=1S/C24H22N2O3S2/c1-4-29-20-11-10-17(15(2)27)12-18(20)13-31-24-25-22-21(23(28)26(24)3)19(14-30-22)16-8-6-5-7-9-16/h5-12,14H,4,13H2,1-3H3. The third-order valence-electron chi connectivity index (χ3n) is 4.98. The van der Waals surface area contributed by atoms with E-state index in [4.69, 9.17) is 9.72 Å². The Morgan fingerprint density at radius 3 is 2.68 bits per heavy atom. The molecule has 4 aromatic rings. The van der Waals surface area contributed by atoms with E-state index in [2.05, 4.69) is 0 Å². The van der Waals surface area contributed by atoms with Crippen molar-refractivity contribution in [1.29, 1.82) is 0 Å². The normalized spacial score (nSPS) is 11.1. The van der Waals surface area contributed by atoms with Crippen LogP contribution in [0, 0.1) is 0 Å². The van der Waals surface area contributed by atoms with Crippen molar-refractivity contribution in [2.24, 2.45) is 7.05 Å². The van der Waals surface area contributed by atoms with Crippen molar-refractivity contribution in [3.05, 3.63) is 75.4 Å². The molecule has 2 heterocycles. The van der Waals surface area contributed by atoms with Crippen LogP contribution >= 0.6 is 23.1 Å². The molecule has 0 bridgehead atoms. The van der Waals surface area contributed by atoms with E-state index < -0.39 is 0 Å². The number of Topliss-reactive ketones (excluding diaryl/α,β-unsaturated/α-hetero) is 1. The molecular weight excluding hydrogens is 428 g/mol. The Kier molecular flexibility index (Phi) is 6.25. The molecule has 0 atom stereocenters. The van der Waals surface area contributed by atoms with Crippen LogP contribution in [0.2, 0.25) is 0 Å². The number of benzene rings is 2. The first kappa shape index (κ1) is 21.3. The van der Waals surface area contributed by atoms with Gasteiger partial charge in [-0.2, -0.15) is 0 Å². The van der Waals surface area contributed by atoms with Crippen molar-refractivity contribution in [3.63, 3.8) is 0 Å². The van der Waals surface area contributed by atoms with Gasteiger partial charge in [0.25, 0.3) is 5.56 Å². The molecule has 0 unspecified atom stereocenters. The average molecular weight is 451 g/mol. The number of nitrogens with zero attached hydrogens (tertiary/aromatic N) is 2. The van der Waals surface area contributed by atoms with Gasteiger partial charge in [0.15, 0.2) is 10.9 Å². The van der Waals surface area contributed by atoms with Crippen LogP contribution in [-0.4, -0.2) is 21.9 Å². The number of hydrogen-bond donors (Lipinski definition) is 0. The molecule has 158 valence electrons. The fourth-order valence-electron chi connectivity index (χ4n) is 3.36. The minimum absolute atomic E-state index is 0.00766. The topological polar surface area (TPSA) is 61.2 Å². The van der Waals surface area contributed by atoms with Gasteiger partial charge in [0.05, 0.1) is 12.0 Å². The maximum absolute atomic E-state index is 13.2. The van der Waals surface area contributed by atoms with Gasteiger partial charge in [0.2, 0.25) is 0 Å². The van der Waals surface area contributed by atoms with Crippen LogP contribution in [0.25, 0.3) is 21.3 Å². The van der Waals surface area contributed by atoms with Gasteiger partial charge in [-0.15, -0.1) is 11.3 Å². The van der Waals surface area contributed by atoms with Gasteiger partial charge < -0.3 is 4.74 Å². The summed E-state index contributed by atoms with van der Waals surface area (Å²) in [5.41, 5.74) is 3.41. The van der Waals surface area contributed by atoms with E-state index >= 15 is 0 Å². The number of thioether (sulfide) groups is 1. The van der Waals surface area contributed by atoms with E-state index in [9.17, 15) is 9.59 Å². The largest absolute Gasteiger partial charge is 0.494 e. The molecule has 0 radical (unpaired) electrons. The zero-order valence-corrected chi connectivity index (χ0v) is 19.2. The average Bonchev–Trinajstić information content (AvgIpc) is 3.20. The van der Waals surface area contributed by atoms with Gasteiger partial charge in [-0.3, -0.25) is 14.2 Å². The van der Waals surface area contributed by atoms with Crippen LogP contribution in [0.3, 0.4) is 0 Å². The number of fused-ring (bicyclic) bond motifs is 1. The summed E-state index contributed by atoms with van der Waals surface area (Å²) < 4.78 is 7.32. The minimum Gasteiger partial charge on any atom is -0.494 e. The molecule has 2 aromatic heterocycles. The summed E-state index contributed by atoms with van der Waals surface area (Å²) in [4.78, 5) is 30.5. The van der Waals surface area contributed by atoms with Gasteiger partial charge in [-0.1, -0.05) is 42.1 Å². The van der Waals surface area contributed by atoms with Crippen LogP contribution in [0.4, 0.5) is 0 Å². The molecular formula is C24H22N2O3S2. The highest BCUT2D eigenvalue weighted by Crippen LogP contribution is 2.33. The molecule has 2 aromatic carbocycles. The predicted octanol–water partition coefficient (Wildman–Crippen LogP) is 5.56. The lowest BCUT2D eigenvalue weighted by Gasteiger charge is -2.12. The number of thiophene rings is 1. The lowest BCUT2D eigenvalue weighted by molar-refractivity contribution is 0.101. The number of hydrogen-bond acceptors (Lipinski definition) is 6. The molecule has 0 aliphatic heterocycles. The molecule has 0 N–H and O–H groups in total. The SMILES string of the molecule is CCOc1ccc(C(C)=O)cc1CSc1nc2scc(-c3ccccc3)c2c(=O)n1C. The van der Waals surface area contributed by atoms with Crippen molar-refractivity contribution in [1.82, 2.24) is 9.55 Å². The Labute approximate surface area is 188 Å². The molecule has 0 saturated heterocycles. The van der Waals surface area contributed by atoms with Crippen molar-refractivity contribution >= 4 is 39.1 Å². The maximum atomic E-state index is 13.2. The first-order chi connectivity index (χ1) is 15.0. The summed E-state index contributed by atoms with van der Waals surface area (Å²) in [6.45, 7) is 4.01. The second kappa shape index (κ2) is 9.08. The summed E-state index contributed by atoms with van der Waals surface area (Å²) >= 11 is 2.94. The molecule has 0 amide bonds. The van der Waals surface area contributed by atoms with E-state index in [0.717, 1.165) is 27.3 Å². The van der Waals surface area contributed by atoms with Crippen molar-refractivity contribution < 1.29 is 9.53 Å². The molecule has 7 heteroatoms. The number of ether oxygens (including phenoxy) is 1. The van der Waals surface area contributed by atoms with E-state index in [1.54, 1.807) is 24.6 Å². The first-order valence-electron chi connectivity index (χ1n) is 9.92. The second-order valence-corrected chi connectivity index (χ2v) is 8.86. The molecule has 4 rings (SSSR count). The lowest BCUT2D eigenvalue weighted by atomic mass is 10.1. The van der Waals surface area contributed by atoms with Crippen molar-refractivity contribution in [2.45, 2.75) is 24.8 Å². The highest BCUT2D eigenvalue weighted by atomic mass is 32.2. The van der Waals surface area contributed by atoms with E-state index in [1.807, 2.05) is 54.8 Å². The maximum Gasteiger partial charge on any atom is 0.263 e. The van der Waals surface area contributed by atoms with Crippen LogP contribution in [0.1, 0.15) is 29.8 Å². The Morgan fingerprint density at radius 1 is 1.19 bits per heavy atom.